The molecule has 2 fully saturated rings. The molecule has 2 aromatic carbocycles. The molecule has 2 heterocycles. The van der Waals surface area contributed by atoms with E-state index in [1.165, 1.54) is 0 Å². The number of methoxy groups -OCH3 is 1. The monoisotopic (exact) mass is 520 g/mol. The van der Waals surface area contributed by atoms with Gasteiger partial charge in [0.1, 0.15) is 13.2 Å². The van der Waals surface area contributed by atoms with Crippen LogP contribution < -0.4 is 9.47 Å². The van der Waals surface area contributed by atoms with Crippen molar-refractivity contribution in [2.75, 3.05) is 26.7 Å². The molecule has 0 N–H and O–H groups in total. The zero-order chi connectivity index (χ0) is 26.2. The Hall–Kier alpha value is -3.52. The molecule has 3 amide bonds. The molecule has 0 aliphatic carbocycles. The highest BCUT2D eigenvalue weighted by molar-refractivity contribution is 8.18. The van der Waals surface area contributed by atoms with E-state index in [0.29, 0.717) is 43.2 Å². The van der Waals surface area contributed by atoms with Crippen LogP contribution in [0.2, 0.25) is 0 Å². The van der Waals surface area contributed by atoms with Gasteiger partial charge < -0.3 is 14.4 Å². The SMILES string of the molecule is C=CCc1cc(C=C2SC(=O)N(CC(=O)N3CCCCCC3)C2=O)cc(OC)c1OCc1ccccc1. The number of carbonyl (C=O) groups excluding carboxylic acids is 3. The molecule has 4 rings (SSSR count). The van der Waals surface area contributed by atoms with E-state index in [0.717, 1.165) is 53.5 Å². The second-order valence-electron chi connectivity index (χ2n) is 9.04. The van der Waals surface area contributed by atoms with E-state index in [-0.39, 0.29) is 17.4 Å². The first-order valence-corrected chi connectivity index (χ1v) is 13.3. The molecule has 7 nitrogen and oxygen atoms in total. The van der Waals surface area contributed by atoms with Gasteiger partial charge in [0.25, 0.3) is 11.1 Å². The Morgan fingerprint density at radius 2 is 1.81 bits per heavy atom. The molecular formula is C29H32N2O5S. The Morgan fingerprint density at radius 1 is 1.08 bits per heavy atom. The van der Waals surface area contributed by atoms with Crippen LogP contribution >= 0.6 is 11.8 Å². The van der Waals surface area contributed by atoms with Gasteiger partial charge in [-0.05, 0) is 60.4 Å². The maximum atomic E-state index is 13.1. The van der Waals surface area contributed by atoms with Gasteiger partial charge in [0.2, 0.25) is 5.91 Å². The molecule has 0 saturated carbocycles. The third-order valence-corrected chi connectivity index (χ3v) is 7.30. The van der Waals surface area contributed by atoms with Gasteiger partial charge in [0, 0.05) is 18.7 Å². The molecule has 2 saturated heterocycles. The quantitative estimate of drug-likeness (QED) is 0.324. The molecule has 0 atom stereocenters. The van der Waals surface area contributed by atoms with Gasteiger partial charge in [-0.1, -0.05) is 49.2 Å². The summed E-state index contributed by atoms with van der Waals surface area (Å²) in [7, 11) is 1.56. The molecule has 0 spiro atoms. The summed E-state index contributed by atoms with van der Waals surface area (Å²) in [6.45, 7) is 5.36. The molecule has 0 radical (unpaired) electrons. The minimum atomic E-state index is -0.452. The van der Waals surface area contributed by atoms with Crippen LogP contribution in [-0.4, -0.2) is 53.6 Å². The van der Waals surface area contributed by atoms with E-state index in [4.69, 9.17) is 9.47 Å². The number of hydrogen-bond donors (Lipinski definition) is 0. The van der Waals surface area contributed by atoms with Gasteiger partial charge in [0.15, 0.2) is 11.5 Å². The standard InChI is InChI=1S/C29H32N2O5S/c1-3-11-23-16-22(17-24(35-2)27(23)36-20-21-12-7-6-8-13-21)18-25-28(33)31(29(34)37-25)19-26(32)30-14-9-4-5-10-15-30/h3,6-8,12-13,16-18H,1,4-5,9-11,14-15,19-20H2,2H3. The third kappa shape index (κ3) is 6.63. The molecule has 0 aromatic heterocycles. The van der Waals surface area contributed by atoms with Crippen LogP contribution in [0, 0.1) is 0 Å². The van der Waals surface area contributed by atoms with Crippen LogP contribution in [0.25, 0.3) is 6.08 Å². The zero-order valence-corrected chi connectivity index (χ0v) is 21.9. The predicted octanol–water partition coefficient (Wildman–Crippen LogP) is 5.44. The third-order valence-electron chi connectivity index (χ3n) is 6.39. The van der Waals surface area contributed by atoms with Gasteiger partial charge in [-0.25, -0.2) is 0 Å². The van der Waals surface area contributed by atoms with Crippen LogP contribution in [0.5, 0.6) is 11.5 Å². The number of carbonyl (C=O) groups is 3. The minimum Gasteiger partial charge on any atom is -0.493 e. The Balaban J connectivity index is 1.53. The first-order chi connectivity index (χ1) is 18.0. The van der Waals surface area contributed by atoms with Crippen molar-refractivity contribution >= 4 is 34.9 Å². The average molecular weight is 521 g/mol. The lowest BCUT2D eigenvalue weighted by atomic mass is 10.0. The van der Waals surface area contributed by atoms with Crippen LogP contribution in [0.15, 0.2) is 60.0 Å². The number of allylic oxidation sites excluding steroid dienone is 1. The summed E-state index contributed by atoms with van der Waals surface area (Å²) in [5, 5.41) is -0.430. The van der Waals surface area contributed by atoms with E-state index >= 15 is 0 Å². The molecule has 2 aliphatic rings. The van der Waals surface area contributed by atoms with Crippen molar-refractivity contribution in [2.45, 2.75) is 38.7 Å². The number of benzene rings is 2. The minimum absolute atomic E-state index is 0.180. The Morgan fingerprint density at radius 3 is 2.49 bits per heavy atom. The average Bonchev–Trinajstić information content (AvgIpc) is 3.08. The van der Waals surface area contributed by atoms with Gasteiger partial charge >= 0.3 is 0 Å². The van der Waals surface area contributed by atoms with Crippen molar-refractivity contribution in [3.05, 3.63) is 76.7 Å². The molecular weight excluding hydrogens is 488 g/mol. The van der Waals surface area contributed by atoms with Gasteiger partial charge in [-0.3, -0.25) is 19.3 Å². The first kappa shape index (κ1) is 26.5. The highest BCUT2D eigenvalue weighted by Gasteiger charge is 2.37. The number of rotatable bonds is 9. The molecule has 2 aliphatic heterocycles. The number of hydrogen-bond acceptors (Lipinski definition) is 6. The lowest BCUT2D eigenvalue weighted by molar-refractivity contribution is -0.135. The van der Waals surface area contributed by atoms with Crippen LogP contribution in [0.1, 0.15) is 42.4 Å². The van der Waals surface area contributed by atoms with Gasteiger partial charge in [-0.15, -0.1) is 6.58 Å². The number of ether oxygens (including phenoxy) is 2. The second kappa shape index (κ2) is 12.6. The summed E-state index contributed by atoms with van der Waals surface area (Å²) >= 11 is 0.849. The summed E-state index contributed by atoms with van der Waals surface area (Å²) < 4.78 is 11.7. The Labute approximate surface area is 222 Å². The highest BCUT2D eigenvalue weighted by Crippen LogP contribution is 2.37. The zero-order valence-electron chi connectivity index (χ0n) is 21.1. The first-order valence-electron chi connectivity index (χ1n) is 12.5. The molecule has 2 aromatic rings. The lowest BCUT2D eigenvalue weighted by Crippen LogP contribution is -2.42. The lowest BCUT2D eigenvalue weighted by Gasteiger charge is -2.22. The van der Waals surface area contributed by atoms with Crippen molar-refractivity contribution in [1.29, 1.82) is 0 Å². The molecule has 0 unspecified atom stereocenters. The smallest absolute Gasteiger partial charge is 0.294 e. The number of thioether (sulfide) groups is 1. The van der Waals surface area contributed by atoms with Gasteiger partial charge in [-0.2, -0.15) is 0 Å². The second-order valence-corrected chi connectivity index (χ2v) is 10.0. The van der Waals surface area contributed by atoms with Crippen LogP contribution in [0.3, 0.4) is 0 Å². The highest BCUT2D eigenvalue weighted by atomic mass is 32.2. The van der Waals surface area contributed by atoms with Crippen molar-refractivity contribution < 1.29 is 23.9 Å². The largest absolute Gasteiger partial charge is 0.493 e. The van der Waals surface area contributed by atoms with E-state index in [2.05, 4.69) is 6.58 Å². The van der Waals surface area contributed by atoms with E-state index in [1.807, 2.05) is 36.4 Å². The Kier molecular flexibility index (Phi) is 9.06. The van der Waals surface area contributed by atoms with E-state index in [9.17, 15) is 14.4 Å². The molecule has 37 heavy (non-hydrogen) atoms. The molecule has 8 heteroatoms. The number of nitrogens with zero attached hydrogens (tertiary/aromatic N) is 2. The van der Waals surface area contributed by atoms with E-state index in [1.54, 1.807) is 30.2 Å². The number of likely N-dealkylation sites (tertiary alicyclic amines) is 1. The molecule has 194 valence electrons. The fourth-order valence-electron chi connectivity index (χ4n) is 4.46. The number of imide groups is 1. The summed E-state index contributed by atoms with van der Waals surface area (Å²) in [6.07, 6.45) is 8.07. The number of amides is 3. The fourth-order valence-corrected chi connectivity index (χ4v) is 5.30. The summed E-state index contributed by atoms with van der Waals surface area (Å²) in [5.74, 6) is 0.503. The van der Waals surface area contributed by atoms with Crippen molar-refractivity contribution in [3.63, 3.8) is 0 Å². The van der Waals surface area contributed by atoms with Gasteiger partial charge in [0.05, 0.1) is 12.0 Å². The topological polar surface area (TPSA) is 76.2 Å². The summed E-state index contributed by atoms with van der Waals surface area (Å²) in [4.78, 5) is 41.6. The van der Waals surface area contributed by atoms with Crippen molar-refractivity contribution in [3.8, 4) is 11.5 Å². The molecule has 0 bridgehead atoms. The fraction of sp³-hybridized carbons (Fsp3) is 0.345. The maximum absolute atomic E-state index is 13.1. The predicted molar refractivity (Wildman–Crippen MR) is 145 cm³/mol. The van der Waals surface area contributed by atoms with Crippen LogP contribution in [-0.2, 0) is 22.6 Å². The Bertz CT molecular complexity index is 1190. The summed E-state index contributed by atoms with van der Waals surface area (Å²) in [6, 6.07) is 13.5. The van der Waals surface area contributed by atoms with Crippen molar-refractivity contribution in [2.24, 2.45) is 0 Å². The summed E-state index contributed by atoms with van der Waals surface area (Å²) in [5.41, 5.74) is 2.58. The normalized spacial score (nSPS) is 17.2. The maximum Gasteiger partial charge on any atom is 0.294 e. The van der Waals surface area contributed by atoms with Crippen LogP contribution in [0.4, 0.5) is 4.79 Å². The van der Waals surface area contributed by atoms with Crippen molar-refractivity contribution in [1.82, 2.24) is 9.80 Å². The van der Waals surface area contributed by atoms with E-state index < -0.39 is 11.1 Å².